The van der Waals surface area contributed by atoms with Crippen LogP contribution in [0.25, 0.3) is 21.9 Å². The van der Waals surface area contributed by atoms with E-state index in [1.807, 2.05) is 42.5 Å². The lowest BCUT2D eigenvalue weighted by Crippen LogP contribution is -2.00. The number of aromatic carboxylic acids is 1. The number of carboxylic acids is 1. The van der Waals surface area contributed by atoms with E-state index in [9.17, 15) is 9.90 Å². The van der Waals surface area contributed by atoms with Gasteiger partial charge in [0.2, 0.25) is 0 Å². The molecule has 3 heteroatoms. The zero-order valence-corrected chi connectivity index (χ0v) is 11.5. The van der Waals surface area contributed by atoms with Crippen molar-refractivity contribution in [2.75, 3.05) is 7.11 Å². The molecule has 0 radical (unpaired) electrons. The van der Waals surface area contributed by atoms with Gasteiger partial charge in [0.05, 0.1) is 12.7 Å². The van der Waals surface area contributed by atoms with Gasteiger partial charge in [0.1, 0.15) is 5.75 Å². The van der Waals surface area contributed by atoms with Crippen LogP contribution in [0.4, 0.5) is 0 Å². The van der Waals surface area contributed by atoms with Gasteiger partial charge in [-0.05, 0) is 40.1 Å². The quantitative estimate of drug-likeness (QED) is 0.780. The number of hydrogen-bond donors (Lipinski definition) is 1. The van der Waals surface area contributed by atoms with Crippen LogP contribution in [0.2, 0.25) is 0 Å². The summed E-state index contributed by atoms with van der Waals surface area (Å²) in [4.78, 5) is 11.5. The molecule has 0 fully saturated rings. The van der Waals surface area contributed by atoms with Crippen LogP contribution < -0.4 is 4.74 Å². The molecule has 0 aliphatic carbocycles. The summed E-state index contributed by atoms with van der Waals surface area (Å²) in [6.07, 6.45) is 0. The van der Waals surface area contributed by atoms with E-state index in [-0.39, 0.29) is 5.56 Å². The number of fused-ring (bicyclic) bond motifs is 1. The monoisotopic (exact) mass is 278 g/mol. The van der Waals surface area contributed by atoms with Gasteiger partial charge in [0.25, 0.3) is 0 Å². The van der Waals surface area contributed by atoms with E-state index in [1.165, 1.54) is 7.11 Å². The maximum absolute atomic E-state index is 11.5. The molecule has 0 saturated heterocycles. The average Bonchev–Trinajstić information content (AvgIpc) is 2.53. The minimum atomic E-state index is -0.961. The summed E-state index contributed by atoms with van der Waals surface area (Å²) in [5.74, 6) is -0.423. The van der Waals surface area contributed by atoms with Gasteiger partial charge < -0.3 is 9.84 Å². The lowest BCUT2D eigenvalue weighted by atomic mass is 9.94. The molecule has 3 nitrogen and oxygen atoms in total. The van der Waals surface area contributed by atoms with Crippen molar-refractivity contribution in [3.05, 3.63) is 66.2 Å². The first-order valence-electron chi connectivity index (χ1n) is 6.60. The molecular weight excluding hydrogens is 264 g/mol. The van der Waals surface area contributed by atoms with Crippen molar-refractivity contribution in [1.29, 1.82) is 0 Å². The third kappa shape index (κ3) is 2.34. The Labute approximate surface area is 122 Å². The molecule has 0 aliphatic heterocycles. The van der Waals surface area contributed by atoms with Crippen molar-refractivity contribution in [3.63, 3.8) is 0 Å². The minimum Gasteiger partial charge on any atom is -0.497 e. The van der Waals surface area contributed by atoms with Gasteiger partial charge in [-0.25, -0.2) is 4.79 Å². The second kappa shape index (κ2) is 5.29. The van der Waals surface area contributed by atoms with Crippen molar-refractivity contribution in [2.24, 2.45) is 0 Å². The zero-order valence-electron chi connectivity index (χ0n) is 11.5. The molecule has 0 heterocycles. The highest BCUT2D eigenvalue weighted by atomic mass is 16.5. The summed E-state index contributed by atoms with van der Waals surface area (Å²) in [7, 11) is 1.53. The molecular formula is C18H14O3. The molecule has 0 saturated carbocycles. The van der Waals surface area contributed by atoms with E-state index in [0.717, 1.165) is 16.3 Å². The highest BCUT2D eigenvalue weighted by molar-refractivity contribution is 6.03. The lowest BCUT2D eigenvalue weighted by Gasteiger charge is -2.11. The third-order valence-electron chi connectivity index (χ3n) is 3.54. The van der Waals surface area contributed by atoms with Crippen LogP contribution in [0.5, 0.6) is 5.75 Å². The minimum absolute atomic E-state index is 0.241. The van der Waals surface area contributed by atoms with Gasteiger partial charge in [-0.1, -0.05) is 42.5 Å². The molecule has 1 N–H and O–H groups in total. The van der Waals surface area contributed by atoms with E-state index in [1.54, 1.807) is 18.2 Å². The Morgan fingerprint density at radius 1 is 0.952 bits per heavy atom. The average molecular weight is 278 g/mol. The predicted octanol–water partition coefficient (Wildman–Crippen LogP) is 4.21. The SMILES string of the molecule is COc1ccc(-c2cccc3ccccc23)c(C(=O)O)c1. The fourth-order valence-electron chi connectivity index (χ4n) is 2.52. The standard InChI is InChI=1S/C18H14O3/c1-21-13-9-10-16(17(11-13)18(19)20)15-8-4-6-12-5-2-3-7-14(12)15/h2-11H,1H3,(H,19,20). The second-order valence-corrected chi connectivity index (χ2v) is 4.74. The van der Waals surface area contributed by atoms with Crippen LogP contribution in [0.1, 0.15) is 10.4 Å². The number of rotatable bonds is 3. The van der Waals surface area contributed by atoms with Crippen molar-refractivity contribution < 1.29 is 14.6 Å². The van der Waals surface area contributed by atoms with Crippen LogP contribution in [-0.4, -0.2) is 18.2 Å². The van der Waals surface area contributed by atoms with Crippen LogP contribution >= 0.6 is 0 Å². The molecule has 0 aliphatic rings. The smallest absolute Gasteiger partial charge is 0.336 e. The van der Waals surface area contributed by atoms with E-state index >= 15 is 0 Å². The fraction of sp³-hybridized carbons (Fsp3) is 0.0556. The summed E-state index contributed by atoms with van der Waals surface area (Å²) >= 11 is 0. The van der Waals surface area contributed by atoms with Gasteiger partial charge in [-0.3, -0.25) is 0 Å². The Hall–Kier alpha value is -2.81. The molecule has 104 valence electrons. The Kier molecular flexibility index (Phi) is 3.32. The Balaban J connectivity index is 2.30. The van der Waals surface area contributed by atoms with Gasteiger partial charge in [-0.15, -0.1) is 0 Å². The van der Waals surface area contributed by atoms with Gasteiger partial charge in [-0.2, -0.15) is 0 Å². The summed E-state index contributed by atoms with van der Waals surface area (Å²) in [6, 6.07) is 19.0. The summed E-state index contributed by atoms with van der Waals surface area (Å²) in [6.45, 7) is 0. The van der Waals surface area contributed by atoms with Crippen molar-refractivity contribution in [3.8, 4) is 16.9 Å². The number of methoxy groups -OCH3 is 1. The first kappa shape index (κ1) is 13.2. The van der Waals surface area contributed by atoms with Crippen LogP contribution in [0, 0.1) is 0 Å². The van der Waals surface area contributed by atoms with Gasteiger partial charge in [0, 0.05) is 0 Å². The van der Waals surface area contributed by atoms with Crippen LogP contribution in [-0.2, 0) is 0 Å². The van der Waals surface area contributed by atoms with Gasteiger partial charge >= 0.3 is 5.97 Å². The molecule has 3 rings (SSSR count). The van der Waals surface area contributed by atoms with Crippen LogP contribution in [0.3, 0.4) is 0 Å². The number of ether oxygens (including phenoxy) is 1. The lowest BCUT2D eigenvalue weighted by molar-refractivity contribution is 0.0697. The Morgan fingerprint density at radius 3 is 2.48 bits per heavy atom. The molecule has 21 heavy (non-hydrogen) atoms. The summed E-state index contributed by atoms with van der Waals surface area (Å²) < 4.78 is 5.12. The molecule has 0 bridgehead atoms. The first-order valence-corrected chi connectivity index (χ1v) is 6.60. The topological polar surface area (TPSA) is 46.5 Å². The number of hydrogen-bond acceptors (Lipinski definition) is 2. The van der Waals surface area contributed by atoms with Crippen molar-refractivity contribution in [2.45, 2.75) is 0 Å². The van der Waals surface area contributed by atoms with E-state index < -0.39 is 5.97 Å². The van der Waals surface area contributed by atoms with Crippen molar-refractivity contribution in [1.82, 2.24) is 0 Å². The Morgan fingerprint density at radius 2 is 1.71 bits per heavy atom. The van der Waals surface area contributed by atoms with E-state index in [0.29, 0.717) is 11.3 Å². The maximum atomic E-state index is 11.5. The predicted molar refractivity (Wildman–Crippen MR) is 82.9 cm³/mol. The summed E-state index contributed by atoms with van der Waals surface area (Å²) in [5.41, 5.74) is 1.85. The van der Waals surface area contributed by atoms with Crippen LogP contribution in [0.15, 0.2) is 60.7 Å². The van der Waals surface area contributed by atoms with E-state index in [4.69, 9.17) is 4.74 Å². The number of benzene rings is 3. The molecule has 0 amide bonds. The van der Waals surface area contributed by atoms with Crippen molar-refractivity contribution >= 4 is 16.7 Å². The molecule has 0 spiro atoms. The normalized spacial score (nSPS) is 10.5. The van der Waals surface area contributed by atoms with E-state index in [2.05, 4.69) is 0 Å². The second-order valence-electron chi connectivity index (χ2n) is 4.74. The molecule has 3 aromatic carbocycles. The highest BCUT2D eigenvalue weighted by Crippen LogP contribution is 2.32. The Bertz CT molecular complexity index is 816. The third-order valence-corrected chi connectivity index (χ3v) is 3.54. The van der Waals surface area contributed by atoms with Gasteiger partial charge in [0.15, 0.2) is 0 Å². The first-order chi connectivity index (χ1) is 10.2. The fourth-order valence-corrected chi connectivity index (χ4v) is 2.52. The zero-order chi connectivity index (χ0) is 14.8. The molecule has 3 aromatic rings. The number of carbonyl (C=O) groups is 1. The molecule has 0 atom stereocenters. The maximum Gasteiger partial charge on any atom is 0.336 e. The number of carboxylic acid groups (broad SMARTS) is 1. The highest BCUT2D eigenvalue weighted by Gasteiger charge is 2.14. The largest absolute Gasteiger partial charge is 0.497 e. The molecule has 0 unspecified atom stereocenters. The summed E-state index contributed by atoms with van der Waals surface area (Å²) in [5, 5.41) is 11.6. The molecule has 0 aromatic heterocycles.